The van der Waals surface area contributed by atoms with Crippen LogP contribution in [0.1, 0.15) is 5.56 Å². The third-order valence-electron chi connectivity index (χ3n) is 1.51. The van der Waals surface area contributed by atoms with Gasteiger partial charge in [-0.25, -0.2) is 8.42 Å². The summed E-state index contributed by atoms with van der Waals surface area (Å²) in [5, 5.41) is 8.17. The third kappa shape index (κ3) is 3.27. The second-order valence-corrected chi connectivity index (χ2v) is 5.35. The molecule has 4 nitrogen and oxygen atoms in total. The highest BCUT2D eigenvalue weighted by molar-refractivity contribution is 7.93. The minimum Gasteiger partial charge on any atom is -0.281 e. The Morgan fingerprint density at radius 1 is 1.47 bits per heavy atom. The quantitative estimate of drug-likeness (QED) is 0.851. The monoisotopic (exact) mass is 264 g/mol. The topological polar surface area (TPSA) is 70.0 Å². The Morgan fingerprint density at radius 2 is 2.13 bits per heavy atom. The number of nitriles is 1. The van der Waals surface area contributed by atoms with Crippen molar-refractivity contribution in [3.8, 4) is 6.07 Å². The molecule has 0 bridgehead atoms. The molecule has 0 saturated carbocycles. The maximum atomic E-state index is 11.1. The van der Waals surface area contributed by atoms with Gasteiger partial charge in [0.15, 0.2) is 0 Å². The van der Waals surface area contributed by atoms with Crippen LogP contribution in [0.4, 0.5) is 5.69 Å². The van der Waals surface area contributed by atoms with E-state index in [1.165, 1.54) is 18.2 Å². The number of rotatable bonds is 3. The fourth-order valence-electron chi connectivity index (χ4n) is 0.862. The van der Waals surface area contributed by atoms with Crippen LogP contribution in [0.25, 0.3) is 0 Å². The van der Waals surface area contributed by atoms with Crippen LogP contribution in [-0.4, -0.2) is 13.6 Å². The molecule has 0 aliphatic heterocycles. The smallest absolute Gasteiger partial charge is 0.246 e. The van der Waals surface area contributed by atoms with Crippen molar-refractivity contribution in [2.24, 2.45) is 0 Å². The standard InChI is InChI=1S/C8H6Cl2N2O2S/c9-5-15(13,14)12-8-2-1-6(4-11)3-7(8)10/h1-3,12H,5H2. The van der Waals surface area contributed by atoms with Gasteiger partial charge in [-0.2, -0.15) is 5.26 Å². The maximum absolute atomic E-state index is 11.1. The molecule has 1 rings (SSSR count). The number of sulfonamides is 1. The van der Waals surface area contributed by atoms with Gasteiger partial charge in [0.2, 0.25) is 10.0 Å². The molecular weight excluding hydrogens is 259 g/mol. The molecule has 1 aromatic carbocycles. The Balaban J connectivity index is 3.04. The van der Waals surface area contributed by atoms with Gasteiger partial charge in [-0.05, 0) is 18.2 Å². The number of hydrogen-bond acceptors (Lipinski definition) is 3. The third-order valence-corrected chi connectivity index (χ3v) is 3.50. The summed E-state index contributed by atoms with van der Waals surface area (Å²) in [7, 11) is -3.57. The first-order valence-corrected chi connectivity index (χ1v) is 6.31. The highest BCUT2D eigenvalue weighted by Crippen LogP contribution is 2.23. The van der Waals surface area contributed by atoms with Crippen molar-refractivity contribution in [3.63, 3.8) is 0 Å². The number of anilines is 1. The Bertz CT molecular complexity index is 508. The predicted molar refractivity (Wildman–Crippen MR) is 59.4 cm³/mol. The number of halogens is 2. The van der Waals surface area contributed by atoms with E-state index in [4.69, 9.17) is 28.5 Å². The van der Waals surface area contributed by atoms with E-state index in [0.717, 1.165) is 0 Å². The summed E-state index contributed by atoms with van der Waals surface area (Å²) in [5.41, 5.74) is 0.560. The lowest BCUT2D eigenvalue weighted by atomic mass is 10.2. The van der Waals surface area contributed by atoms with E-state index in [1.54, 1.807) is 0 Å². The molecule has 0 radical (unpaired) electrons. The molecule has 0 aliphatic carbocycles. The van der Waals surface area contributed by atoms with Gasteiger partial charge in [0.25, 0.3) is 0 Å². The molecule has 0 heterocycles. The summed E-state index contributed by atoms with van der Waals surface area (Å²) >= 11 is 11.0. The lowest BCUT2D eigenvalue weighted by Crippen LogP contribution is -2.13. The SMILES string of the molecule is N#Cc1ccc(NS(=O)(=O)CCl)c(Cl)c1. The van der Waals surface area contributed by atoms with Crippen LogP contribution in [0.3, 0.4) is 0 Å². The van der Waals surface area contributed by atoms with Crippen molar-refractivity contribution < 1.29 is 8.42 Å². The molecule has 0 aliphatic rings. The van der Waals surface area contributed by atoms with E-state index < -0.39 is 15.2 Å². The molecule has 7 heteroatoms. The summed E-state index contributed by atoms with van der Waals surface area (Å²) in [6, 6.07) is 6.12. The summed E-state index contributed by atoms with van der Waals surface area (Å²) < 4.78 is 24.4. The predicted octanol–water partition coefficient (Wildman–Crippen LogP) is 2.15. The highest BCUT2D eigenvalue weighted by Gasteiger charge is 2.10. The maximum Gasteiger partial charge on any atom is 0.246 e. The summed E-state index contributed by atoms with van der Waals surface area (Å²) in [5.74, 6) is 0. The summed E-state index contributed by atoms with van der Waals surface area (Å²) in [4.78, 5) is 0. The van der Waals surface area contributed by atoms with Gasteiger partial charge in [0.05, 0.1) is 22.3 Å². The molecule has 15 heavy (non-hydrogen) atoms. The number of nitrogens with one attached hydrogen (secondary N) is 1. The van der Waals surface area contributed by atoms with E-state index in [1.807, 2.05) is 6.07 Å². The first-order chi connectivity index (χ1) is 6.98. The van der Waals surface area contributed by atoms with Crippen LogP contribution >= 0.6 is 23.2 Å². The number of benzene rings is 1. The van der Waals surface area contributed by atoms with Gasteiger partial charge in [0, 0.05) is 0 Å². The minimum absolute atomic E-state index is 0.155. The van der Waals surface area contributed by atoms with Gasteiger partial charge < -0.3 is 0 Å². The van der Waals surface area contributed by atoms with E-state index in [2.05, 4.69) is 4.72 Å². The molecule has 0 amide bonds. The van der Waals surface area contributed by atoms with Gasteiger partial charge >= 0.3 is 0 Å². The minimum atomic E-state index is -3.57. The van der Waals surface area contributed by atoms with Crippen LogP contribution < -0.4 is 4.72 Å². The normalized spacial score (nSPS) is 10.7. The van der Waals surface area contributed by atoms with Crippen molar-refractivity contribution in [1.29, 1.82) is 5.26 Å². The van der Waals surface area contributed by atoms with Gasteiger partial charge in [-0.1, -0.05) is 11.6 Å². The number of alkyl halides is 1. The average molecular weight is 265 g/mol. The largest absolute Gasteiger partial charge is 0.281 e. The van der Waals surface area contributed by atoms with Gasteiger partial charge in [-0.15, -0.1) is 11.6 Å². The first kappa shape index (κ1) is 12.1. The molecule has 0 fully saturated rings. The highest BCUT2D eigenvalue weighted by atomic mass is 35.5. The molecule has 0 unspecified atom stereocenters. The van der Waals surface area contributed by atoms with Crippen molar-refractivity contribution in [3.05, 3.63) is 28.8 Å². The average Bonchev–Trinajstić information content (AvgIpc) is 2.21. The molecule has 80 valence electrons. The van der Waals surface area contributed by atoms with E-state index in [9.17, 15) is 8.42 Å². The summed E-state index contributed by atoms with van der Waals surface area (Å²) in [6.07, 6.45) is 0. The van der Waals surface area contributed by atoms with Gasteiger partial charge in [0.1, 0.15) is 5.21 Å². The van der Waals surface area contributed by atoms with Crippen molar-refractivity contribution >= 4 is 38.9 Å². The molecule has 0 saturated heterocycles. The molecule has 0 spiro atoms. The zero-order valence-electron chi connectivity index (χ0n) is 7.37. The van der Waals surface area contributed by atoms with E-state index in [-0.39, 0.29) is 10.7 Å². The van der Waals surface area contributed by atoms with Crippen molar-refractivity contribution in [2.75, 3.05) is 9.93 Å². The molecular formula is C8H6Cl2N2O2S. The fourth-order valence-corrected chi connectivity index (χ4v) is 1.88. The summed E-state index contributed by atoms with van der Waals surface area (Å²) in [6.45, 7) is 0. The molecule has 0 aromatic heterocycles. The Labute approximate surface area is 97.5 Å². The Hall–Kier alpha value is -0.960. The Kier molecular flexibility index (Phi) is 3.80. The molecule has 1 aromatic rings. The Morgan fingerprint density at radius 3 is 2.60 bits per heavy atom. The number of nitrogens with zero attached hydrogens (tertiary/aromatic N) is 1. The zero-order valence-corrected chi connectivity index (χ0v) is 9.70. The van der Waals surface area contributed by atoms with Gasteiger partial charge in [-0.3, -0.25) is 4.72 Å². The van der Waals surface area contributed by atoms with Crippen molar-refractivity contribution in [1.82, 2.24) is 0 Å². The van der Waals surface area contributed by atoms with Crippen LogP contribution in [0.5, 0.6) is 0 Å². The van der Waals surface area contributed by atoms with Crippen LogP contribution in [0, 0.1) is 11.3 Å². The first-order valence-electron chi connectivity index (χ1n) is 3.74. The lowest BCUT2D eigenvalue weighted by Gasteiger charge is -2.06. The second-order valence-electron chi connectivity index (χ2n) is 2.63. The van der Waals surface area contributed by atoms with Crippen LogP contribution in [-0.2, 0) is 10.0 Å². The van der Waals surface area contributed by atoms with Crippen molar-refractivity contribution in [2.45, 2.75) is 0 Å². The fraction of sp³-hybridized carbons (Fsp3) is 0.125. The van der Waals surface area contributed by atoms with E-state index >= 15 is 0 Å². The van der Waals surface area contributed by atoms with Crippen LogP contribution in [0.15, 0.2) is 18.2 Å². The van der Waals surface area contributed by atoms with E-state index in [0.29, 0.717) is 5.56 Å². The molecule has 0 atom stereocenters. The van der Waals surface area contributed by atoms with Crippen LogP contribution in [0.2, 0.25) is 5.02 Å². The second kappa shape index (κ2) is 4.71. The zero-order chi connectivity index (χ0) is 11.5. The lowest BCUT2D eigenvalue weighted by molar-refractivity contribution is 0.605. The molecule has 1 N–H and O–H groups in total. The number of hydrogen-bond donors (Lipinski definition) is 1.